The van der Waals surface area contributed by atoms with Gasteiger partial charge in [0.1, 0.15) is 18.0 Å². The van der Waals surface area contributed by atoms with Crippen LogP contribution < -0.4 is 15.5 Å². The number of pyridine rings is 1. The fourth-order valence-corrected chi connectivity index (χ4v) is 3.52. The summed E-state index contributed by atoms with van der Waals surface area (Å²) in [6, 6.07) is 5.91. The van der Waals surface area contributed by atoms with Crippen molar-refractivity contribution in [2.45, 2.75) is 33.2 Å². The Labute approximate surface area is 206 Å². The largest absolute Gasteiger partial charge is 0.357 e. The third-order valence-corrected chi connectivity index (χ3v) is 5.20. The van der Waals surface area contributed by atoms with Crippen LogP contribution in [0.25, 0.3) is 0 Å². The van der Waals surface area contributed by atoms with Crippen molar-refractivity contribution in [1.82, 2.24) is 35.3 Å². The molecule has 176 valence electrons. The first-order chi connectivity index (χ1) is 15.2. The number of aliphatic imine (C=N–C) groups is 1. The van der Waals surface area contributed by atoms with Gasteiger partial charge in [-0.05, 0) is 19.1 Å². The Morgan fingerprint density at radius 1 is 1.16 bits per heavy atom. The number of hydrogen-bond donors (Lipinski definition) is 2. The summed E-state index contributed by atoms with van der Waals surface area (Å²) in [5.74, 6) is 2.81. The highest BCUT2D eigenvalue weighted by Crippen LogP contribution is 2.13. The van der Waals surface area contributed by atoms with Crippen LogP contribution in [0.4, 0.5) is 5.82 Å². The number of rotatable bonds is 9. The molecule has 1 fully saturated rings. The number of carbonyl (C=O) groups is 1. The average molecular weight is 555 g/mol. The number of nitrogens with zero attached hydrogens (tertiary/aromatic N) is 7. The van der Waals surface area contributed by atoms with Gasteiger partial charge in [-0.15, -0.1) is 34.2 Å². The molecule has 3 rings (SSSR count). The minimum absolute atomic E-state index is 0. The van der Waals surface area contributed by atoms with E-state index in [2.05, 4.69) is 42.6 Å². The molecule has 11 heteroatoms. The lowest BCUT2D eigenvalue weighted by Crippen LogP contribution is -2.49. The highest BCUT2D eigenvalue weighted by atomic mass is 127. The molecule has 1 aliphatic heterocycles. The molecule has 0 aliphatic carbocycles. The molecule has 0 saturated carbocycles. The van der Waals surface area contributed by atoms with Crippen LogP contribution in [0, 0.1) is 0 Å². The summed E-state index contributed by atoms with van der Waals surface area (Å²) < 4.78 is 2.03. The van der Waals surface area contributed by atoms with Gasteiger partial charge in [0, 0.05) is 64.9 Å². The summed E-state index contributed by atoms with van der Waals surface area (Å²) in [4.78, 5) is 25.7. The maximum atomic E-state index is 12.6. The third-order valence-electron chi connectivity index (χ3n) is 5.20. The van der Waals surface area contributed by atoms with Gasteiger partial charge in [-0.25, -0.2) is 4.98 Å². The molecular formula is C21H34IN9O. The minimum Gasteiger partial charge on any atom is -0.357 e. The van der Waals surface area contributed by atoms with Crippen LogP contribution in [0.15, 0.2) is 35.7 Å². The zero-order chi connectivity index (χ0) is 21.9. The number of halogens is 1. The molecule has 2 aromatic rings. The number of hydrogen-bond acceptors (Lipinski definition) is 6. The van der Waals surface area contributed by atoms with E-state index in [0.717, 1.165) is 63.3 Å². The Bertz CT molecular complexity index is 835. The van der Waals surface area contributed by atoms with E-state index in [0.29, 0.717) is 19.5 Å². The molecular weight excluding hydrogens is 521 g/mol. The van der Waals surface area contributed by atoms with Crippen LogP contribution in [-0.4, -0.2) is 82.3 Å². The molecule has 0 atom stereocenters. The van der Waals surface area contributed by atoms with Crippen molar-refractivity contribution >= 4 is 41.7 Å². The minimum atomic E-state index is 0. The van der Waals surface area contributed by atoms with Crippen molar-refractivity contribution in [3.8, 4) is 0 Å². The van der Waals surface area contributed by atoms with E-state index >= 15 is 0 Å². The number of anilines is 1. The number of nitrogens with one attached hydrogen (secondary N) is 2. The van der Waals surface area contributed by atoms with Crippen LogP contribution >= 0.6 is 24.0 Å². The first-order valence-corrected chi connectivity index (χ1v) is 11.0. The van der Waals surface area contributed by atoms with Crippen LogP contribution in [0.5, 0.6) is 0 Å². The summed E-state index contributed by atoms with van der Waals surface area (Å²) in [5.41, 5.74) is 0. The van der Waals surface area contributed by atoms with Crippen molar-refractivity contribution in [3.05, 3.63) is 36.5 Å². The second kappa shape index (κ2) is 13.9. The molecule has 2 aromatic heterocycles. The standard InChI is InChI=1S/C21H33N9O.HI/c1-3-18-27-26-17-30(18)12-11-25-21(22-4-2)24-10-8-20(31)29-15-13-28(14-16-29)19-7-5-6-9-23-19;/h5-7,9,17H,3-4,8,10-16H2,1-2H3,(H2,22,24,25);1H. The topological polar surface area (TPSA) is 104 Å². The van der Waals surface area contributed by atoms with Crippen LogP contribution in [0.2, 0.25) is 0 Å². The van der Waals surface area contributed by atoms with E-state index in [1.165, 1.54) is 0 Å². The molecule has 0 aromatic carbocycles. The zero-order valence-electron chi connectivity index (χ0n) is 18.9. The summed E-state index contributed by atoms with van der Waals surface area (Å²) in [6.07, 6.45) is 4.81. The molecule has 0 bridgehead atoms. The van der Waals surface area contributed by atoms with E-state index in [1.807, 2.05) is 34.6 Å². The molecule has 1 aliphatic rings. The number of amides is 1. The third kappa shape index (κ3) is 7.61. The molecule has 32 heavy (non-hydrogen) atoms. The summed E-state index contributed by atoms with van der Waals surface area (Å²) >= 11 is 0. The van der Waals surface area contributed by atoms with Crippen molar-refractivity contribution in [2.24, 2.45) is 4.99 Å². The normalized spacial score (nSPS) is 14.1. The van der Waals surface area contributed by atoms with Gasteiger partial charge in [-0.3, -0.25) is 9.79 Å². The van der Waals surface area contributed by atoms with E-state index in [-0.39, 0.29) is 29.9 Å². The molecule has 2 N–H and O–H groups in total. The zero-order valence-corrected chi connectivity index (χ0v) is 21.2. The average Bonchev–Trinajstić information content (AvgIpc) is 3.27. The van der Waals surface area contributed by atoms with E-state index in [9.17, 15) is 4.79 Å². The Hall–Kier alpha value is -2.44. The molecule has 1 amide bonds. The number of piperazine rings is 1. The summed E-state index contributed by atoms with van der Waals surface area (Å²) in [5, 5.41) is 14.6. The number of aryl methyl sites for hydroxylation is 1. The first kappa shape index (κ1) is 25.8. The van der Waals surface area contributed by atoms with Crippen molar-refractivity contribution in [3.63, 3.8) is 0 Å². The van der Waals surface area contributed by atoms with Gasteiger partial charge in [-0.1, -0.05) is 13.0 Å². The maximum absolute atomic E-state index is 12.6. The second-order valence-corrected chi connectivity index (χ2v) is 7.29. The predicted octanol–water partition coefficient (Wildman–Crippen LogP) is 1.15. The lowest BCUT2D eigenvalue weighted by Gasteiger charge is -2.35. The second-order valence-electron chi connectivity index (χ2n) is 7.29. The van der Waals surface area contributed by atoms with Crippen LogP contribution in [-0.2, 0) is 17.8 Å². The smallest absolute Gasteiger partial charge is 0.224 e. The van der Waals surface area contributed by atoms with E-state index in [4.69, 9.17) is 0 Å². The Balaban J connectivity index is 0.00000363. The van der Waals surface area contributed by atoms with Gasteiger partial charge >= 0.3 is 0 Å². The predicted molar refractivity (Wildman–Crippen MR) is 136 cm³/mol. The lowest BCUT2D eigenvalue weighted by molar-refractivity contribution is -0.131. The first-order valence-electron chi connectivity index (χ1n) is 11.0. The molecule has 0 spiro atoms. The van der Waals surface area contributed by atoms with Crippen molar-refractivity contribution < 1.29 is 4.79 Å². The summed E-state index contributed by atoms with van der Waals surface area (Å²) in [6.45, 7) is 9.83. The fraction of sp³-hybridized carbons (Fsp3) is 0.571. The Kier molecular flexibility index (Phi) is 11.2. The maximum Gasteiger partial charge on any atom is 0.224 e. The van der Waals surface area contributed by atoms with E-state index in [1.54, 1.807) is 12.5 Å². The van der Waals surface area contributed by atoms with E-state index < -0.39 is 0 Å². The van der Waals surface area contributed by atoms with Crippen LogP contribution in [0.3, 0.4) is 0 Å². The molecule has 0 unspecified atom stereocenters. The van der Waals surface area contributed by atoms with Gasteiger partial charge < -0.3 is 25.0 Å². The lowest BCUT2D eigenvalue weighted by atomic mass is 10.2. The molecule has 0 radical (unpaired) electrons. The SMILES string of the molecule is CCNC(=NCCC(=O)N1CCN(c2ccccn2)CC1)NCCn1cnnc1CC.I. The highest BCUT2D eigenvalue weighted by Gasteiger charge is 2.21. The van der Waals surface area contributed by atoms with Gasteiger partial charge in [0.15, 0.2) is 5.96 Å². The van der Waals surface area contributed by atoms with Crippen LogP contribution in [0.1, 0.15) is 26.1 Å². The quantitative estimate of drug-likeness (QED) is 0.272. The van der Waals surface area contributed by atoms with Gasteiger partial charge in [0.25, 0.3) is 0 Å². The van der Waals surface area contributed by atoms with Gasteiger partial charge in [0.2, 0.25) is 5.91 Å². The van der Waals surface area contributed by atoms with Gasteiger partial charge in [-0.2, -0.15) is 0 Å². The summed E-state index contributed by atoms with van der Waals surface area (Å²) in [7, 11) is 0. The number of guanidine groups is 1. The number of carbonyl (C=O) groups excluding carboxylic acids is 1. The highest BCUT2D eigenvalue weighted by molar-refractivity contribution is 14.0. The molecule has 3 heterocycles. The van der Waals surface area contributed by atoms with Crippen molar-refractivity contribution in [1.29, 1.82) is 0 Å². The Morgan fingerprint density at radius 3 is 2.66 bits per heavy atom. The molecule has 1 saturated heterocycles. The van der Waals surface area contributed by atoms with Crippen molar-refractivity contribution in [2.75, 3.05) is 50.7 Å². The van der Waals surface area contributed by atoms with Gasteiger partial charge in [0.05, 0.1) is 6.54 Å². The molecule has 10 nitrogen and oxygen atoms in total. The Morgan fingerprint density at radius 2 is 1.97 bits per heavy atom. The monoisotopic (exact) mass is 555 g/mol. The fourth-order valence-electron chi connectivity index (χ4n) is 3.52. The number of aromatic nitrogens is 4.